The second kappa shape index (κ2) is 8.92. The van der Waals surface area contributed by atoms with E-state index in [0.717, 1.165) is 18.4 Å². The maximum Gasteiger partial charge on any atom is 0.117 e. The van der Waals surface area contributed by atoms with Crippen LogP contribution in [0.4, 0.5) is 0 Å². The number of nitriles is 1. The maximum atomic E-state index is 9.59. The zero-order valence-electron chi connectivity index (χ0n) is 13.9. The Labute approximate surface area is 139 Å². The van der Waals surface area contributed by atoms with Crippen LogP contribution in [0.25, 0.3) is 0 Å². The Balaban J connectivity index is 2.30. The first-order chi connectivity index (χ1) is 11.3. The van der Waals surface area contributed by atoms with Gasteiger partial charge < -0.3 is 0 Å². The van der Waals surface area contributed by atoms with E-state index >= 15 is 0 Å². The molecule has 0 aliphatic carbocycles. The highest BCUT2D eigenvalue weighted by molar-refractivity contribution is 5.33. The van der Waals surface area contributed by atoms with Crippen LogP contribution in [0.15, 0.2) is 72.3 Å². The van der Waals surface area contributed by atoms with Crippen LogP contribution in [0.2, 0.25) is 0 Å². The lowest BCUT2D eigenvalue weighted by molar-refractivity contribution is 0.581. The summed E-state index contributed by atoms with van der Waals surface area (Å²) in [6.45, 7) is 4.18. The van der Waals surface area contributed by atoms with Crippen molar-refractivity contribution >= 4 is 0 Å². The number of benzene rings is 2. The molecule has 0 aliphatic heterocycles. The van der Waals surface area contributed by atoms with E-state index in [0.29, 0.717) is 0 Å². The topological polar surface area (TPSA) is 35.8 Å². The number of rotatable bonds is 7. The molecular formula is C21H24N2. The van der Waals surface area contributed by atoms with Crippen molar-refractivity contribution in [3.63, 3.8) is 0 Å². The lowest BCUT2D eigenvalue weighted by atomic mass is 9.96. The first-order valence-corrected chi connectivity index (χ1v) is 8.18. The Kier molecular flexibility index (Phi) is 6.59. The van der Waals surface area contributed by atoms with E-state index in [1.807, 2.05) is 43.3 Å². The molecule has 2 rings (SSSR count). The van der Waals surface area contributed by atoms with Crippen LogP contribution in [0, 0.1) is 11.3 Å². The molecule has 0 heterocycles. The van der Waals surface area contributed by atoms with E-state index < -0.39 is 0 Å². The summed E-state index contributed by atoms with van der Waals surface area (Å²) in [5.41, 5.74) is 3.43. The average molecular weight is 304 g/mol. The molecule has 0 bridgehead atoms. The van der Waals surface area contributed by atoms with Crippen molar-refractivity contribution in [2.24, 2.45) is 0 Å². The molecule has 23 heavy (non-hydrogen) atoms. The van der Waals surface area contributed by atoms with Crippen LogP contribution >= 0.6 is 0 Å². The summed E-state index contributed by atoms with van der Waals surface area (Å²) in [6.07, 6.45) is 4.26. The van der Waals surface area contributed by atoms with Crippen LogP contribution in [0.1, 0.15) is 43.9 Å². The molecule has 1 N–H and O–H groups in total. The minimum atomic E-state index is -0.285. The lowest BCUT2D eigenvalue weighted by Gasteiger charge is -2.23. The average Bonchev–Trinajstić information content (AvgIpc) is 2.62. The number of hydrogen-bond acceptors (Lipinski definition) is 2. The number of allylic oxidation sites excluding steroid dienone is 1. The lowest BCUT2D eigenvalue weighted by Crippen LogP contribution is -2.33. The SMILES string of the molecule is CCC/C=C(\C)[C@H](C#N)NC(c1ccccc1)c1ccccc1. The van der Waals surface area contributed by atoms with E-state index in [1.165, 1.54) is 11.1 Å². The highest BCUT2D eigenvalue weighted by atomic mass is 15.0. The van der Waals surface area contributed by atoms with Crippen LogP contribution in [0.5, 0.6) is 0 Å². The number of nitrogens with one attached hydrogen (secondary N) is 1. The Morgan fingerprint density at radius 2 is 1.57 bits per heavy atom. The van der Waals surface area contributed by atoms with Gasteiger partial charge in [-0.1, -0.05) is 80.1 Å². The zero-order chi connectivity index (χ0) is 16.5. The van der Waals surface area contributed by atoms with Crippen molar-refractivity contribution in [2.75, 3.05) is 0 Å². The van der Waals surface area contributed by atoms with E-state index in [9.17, 15) is 5.26 Å². The van der Waals surface area contributed by atoms with E-state index in [-0.39, 0.29) is 12.1 Å². The van der Waals surface area contributed by atoms with Crippen molar-refractivity contribution in [2.45, 2.75) is 38.8 Å². The van der Waals surface area contributed by atoms with Gasteiger partial charge in [0.1, 0.15) is 6.04 Å². The molecule has 2 nitrogen and oxygen atoms in total. The monoisotopic (exact) mass is 304 g/mol. The standard InChI is InChI=1S/C21H24N2/c1-3-4-11-17(2)20(16-22)23-21(18-12-7-5-8-13-18)19-14-9-6-10-15-19/h5-15,20-21,23H,3-4H2,1-2H3/b17-11+/t20-/m0/s1. The minimum Gasteiger partial charge on any atom is -0.288 e. The van der Waals surface area contributed by atoms with Crippen molar-refractivity contribution < 1.29 is 0 Å². The second-order valence-electron chi connectivity index (χ2n) is 5.72. The van der Waals surface area contributed by atoms with Gasteiger partial charge in [0, 0.05) is 0 Å². The third-order valence-electron chi connectivity index (χ3n) is 3.94. The van der Waals surface area contributed by atoms with Crippen molar-refractivity contribution in [1.29, 1.82) is 5.26 Å². The molecule has 1 atom stereocenters. The van der Waals surface area contributed by atoms with Gasteiger partial charge in [-0.2, -0.15) is 5.26 Å². The van der Waals surface area contributed by atoms with Crippen LogP contribution in [-0.4, -0.2) is 6.04 Å². The first-order valence-electron chi connectivity index (χ1n) is 8.18. The van der Waals surface area contributed by atoms with Gasteiger partial charge in [-0.25, -0.2) is 0 Å². The van der Waals surface area contributed by atoms with E-state index in [1.54, 1.807) is 0 Å². The molecule has 2 heteroatoms. The second-order valence-corrected chi connectivity index (χ2v) is 5.72. The molecule has 2 aromatic rings. The van der Waals surface area contributed by atoms with Crippen LogP contribution in [-0.2, 0) is 0 Å². The maximum absolute atomic E-state index is 9.59. The van der Waals surface area contributed by atoms with Crippen molar-refractivity contribution in [3.8, 4) is 6.07 Å². The molecule has 2 aromatic carbocycles. The Morgan fingerprint density at radius 3 is 2.00 bits per heavy atom. The third-order valence-corrected chi connectivity index (χ3v) is 3.94. The Hall–Kier alpha value is -2.37. The van der Waals surface area contributed by atoms with E-state index in [4.69, 9.17) is 0 Å². The van der Waals surface area contributed by atoms with Gasteiger partial charge in [-0.15, -0.1) is 0 Å². The molecule has 0 fully saturated rings. The summed E-state index contributed by atoms with van der Waals surface area (Å²) in [4.78, 5) is 0. The Bertz CT molecular complexity index is 614. The minimum absolute atomic E-state index is 0.00651. The molecule has 0 amide bonds. The normalized spacial score (nSPS) is 12.9. The highest BCUT2D eigenvalue weighted by Crippen LogP contribution is 2.23. The molecule has 0 saturated carbocycles. The van der Waals surface area contributed by atoms with Gasteiger partial charge >= 0.3 is 0 Å². The van der Waals surface area contributed by atoms with Gasteiger partial charge in [-0.05, 0) is 30.0 Å². The smallest absolute Gasteiger partial charge is 0.117 e. The van der Waals surface area contributed by atoms with Gasteiger partial charge in [0.2, 0.25) is 0 Å². The molecular weight excluding hydrogens is 280 g/mol. The zero-order valence-corrected chi connectivity index (χ0v) is 13.9. The Morgan fingerprint density at radius 1 is 1.04 bits per heavy atom. The molecule has 0 aromatic heterocycles. The molecule has 0 spiro atoms. The fourth-order valence-electron chi connectivity index (χ4n) is 2.60. The summed E-state index contributed by atoms with van der Waals surface area (Å²) in [5.74, 6) is 0. The van der Waals surface area contributed by atoms with Crippen LogP contribution < -0.4 is 5.32 Å². The quantitative estimate of drug-likeness (QED) is 0.730. The highest BCUT2D eigenvalue weighted by Gasteiger charge is 2.19. The predicted octanol–water partition coefficient (Wildman–Crippen LogP) is 5.00. The van der Waals surface area contributed by atoms with Crippen molar-refractivity contribution in [3.05, 3.63) is 83.4 Å². The van der Waals surface area contributed by atoms with E-state index in [2.05, 4.69) is 48.7 Å². The fourth-order valence-corrected chi connectivity index (χ4v) is 2.60. The number of hydrogen-bond donors (Lipinski definition) is 1. The molecule has 0 saturated heterocycles. The third kappa shape index (κ3) is 4.81. The summed E-state index contributed by atoms with van der Waals surface area (Å²) >= 11 is 0. The first kappa shape index (κ1) is 17.0. The molecule has 0 unspecified atom stereocenters. The number of unbranched alkanes of at least 4 members (excludes halogenated alkanes) is 1. The number of nitrogens with zero attached hydrogens (tertiary/aromatic N) is 1. The molecule has 118 valence electrons. The van der Waals surface area contributed by atoms with Gasteiger partial charge in [-0.3, -0.25) is 5.32 Å². The predicted molar refractivity (Wildman–Crippen MR) is 95.9 cm³/mol. The summed E-state index contributed by atoms with van der Waals surface area (Å²) < 4.78 is 0. The van der Waals surface area contributed by atoms with Crippen LogP contribution in [0.3, 0.4) is 0 Å². The molecule has 0 aliphatic rings. The summed E-state index contributed by atoms with van der Waals surface area (Å²) in [5, 5.41) is 13.1. The van der Waals surface area contributed by atoms with Gasteiger partial charge in [0.15, 0.2) is 0 Å². The summed E-state index contributed by atoms with van der Waals surface area (Å²) in [6, 6.07) is 22.7. The van der Waals surface area contributed by atoms with Gasteiger partial charge in [0.25, 0.3) is 0 Å². The molecule has 0 radical (unpaired) electrons. The summed E-state index contributed by atoms with van der Waals surface area (Å²) in [7, 11) is 0. The van der Waals surface area contributed by atoms with Gasteiger partial charge in [0.05, 0.1) is 12.1 Å². The fraction of sp³-hybridized carbons (Fsp3) is 0.286. The van der Waals surface area contributed by atoms with Crippen molar-refractivity contribution in [1.82, 2.24) is 5.32 Å². The largest absolute Gasteiger partial charge is 0.288 e.